The molecule has 0 bridgehead atoms. The number of Topliss-reactive ketones (excluding diaryl/α,β-unsaturated/α-hetero) is 1. The average molecular weight is 233 g/mol. The van der Waals surface area contributed by atoms with Gasteiger partial charge in [-0.05, 0) is 31.4 Å². The Morgan fingerprint density at radius 3 is 2.59 bits per heavy atom. The van der Waals surface area contributed by atoms with Crippen molar-refractivity contribution in [1.29, 1.82) is 0 Å². The van der Waals surface area contributed by atoms with Crippen molar-refractivity contribution in [2.45, 2.75) is 19.3 Å². The van der Waals surface area contributed by atoms with Crippen LogP contribution in [0.4, 0.5) is 5.69 Å². The van der Waals surface area contributed by atoms with Gasteiger partial charge in [0.05, 0.1) is 11.3 Å². The van der Waals surface area contributed by atoms with E-state index in [9.17, 15) is 9.59 Å². The van der Waals surface area contributed by atoms with Crippen molar-refractivity contribution in [2.24, 2.45) is 0 Å². The van der Waals surface area contributed by atoms with Gasteiger partial charge in [0.1, 0.15) is 0 Å². The molecule has 17 heavy (non-hydrogen) atoms. The van der Waals surface area contributed by atoms with Gasteiger partial charge in [0.2, 0.25) is 0 Å². The van der Waals surface area contributed by atoms with E-state index in [0.29, 0.717) is 17.8 Å². The second kappa shape index (κ2) is 5.10. The van der Waals surface area contributed by atoms with Gasteiger partial charge in [-0.25, -0.2) is 0 Å². The SMILES string of the molecule is O=C1C(=O)N(CCCCCO)c2ccccc21. The molecule has 0 spiro atoms. The first-order valence-electron chi connectivity index (χ1n) is 5.82. The van der Waals surface area contributed by atoms with Crippen LogP contribution in [0.25, 0.3) is 0 Å². The first-order chi connectivity index (χ1) is 8.25. The number of unbranched alkanes of at least 4 members (excludes halogenated alkanes) is 2. The third kappa shape index (κ3) is 2.22. The van der Waals surface area contributed by atoms with Crippen LogP contribution in [0.5, 0.6) is 0 Å². The van der Waals surface area contributed by atoms with E-state index < -0.39 is 11.7 Å². The molecule has 1 heterocycles. The highest BCUT2D eigenvalue weighted by Gasteiger charge is 2.34. The Labute approximate surface area is 99.9 Å². The summed E-state index contributed by atoms with van der Waals surface area (Å²) in [5.74, 6) is -0.849. The van der Waals surface area contributed by atoms with Crippen LogP contribution in [-0.4, -0.2) is 29.9 Å². The van der Waals surface area contributed by atoms with Gasteiger partial charge in [0.25, 0.3) is 11.7 Å². The largest absolute Gasteiger partial charge is 0.396 e. The second-order valence-electron chi connectivity index (χ2n) is 4.09. The highest BCUT2D eigenvalue weighted by molar-refractivity contribution is 6.52. The van der Waals surface area contributed by atoms with Gasteiger partial charge in [-0.2, -0.15) is 0 Å². The molecule has 2 rings (SSSR count). The molecule has 1 aromatic rings. The Hall–Kier alpha value is -1.68. The molecule has 90 valence electrons. The zero-order chi connectivity index (χ0) is 12.3. The monoisotopic (exact) mass is 233 g/mol. The summed E-state index contributed by atoms with van der Waals surface area (Å²) in [5.41, 5.74) is 1.21. The highest BCUT2D eigenvalue weighted by atomic mass is 16.3. The predicted octanol–water partition coefficient (Wildman–Crippen LogP) is 1.38. The van der Waals surface area contributed by atoms with Crippen molar-refractivity contribution >= 4 is 17.4 Å². The summed E-state index contributed by atoms with van der Waals surface area (Å²) in [5, 5.41) is 8.68. The van der Waals surface area contributed by atoms with E-state index in [1.165, 1.54) is 4.90 Å². The quantitative estimate of drug-likeness (QED) is 0.617. The maximum absolute atomic E-state index is 11.8. The number of benzene rings is 1. The molecule has 1 aliphatic rings. The number of hydrogen-bond acceptors (Lipinski definition) is 3. The van der Waals surface area contributed by atoms with Crippen LogP contribution < -0.4 is 4.90 Å². The molecule has 0 aromatic heterocycles. The highest BCUT2D eigenvalue weighted by Crippen LogP contribution is 2.28. The third-order valence-corrected chi connectivity index (χ3v) is 2.92. The van der Waals surface area contributed by atoms with E-state index >= 15 is 0 Å². The molecule has 0 radical (unpaired) electrons. The van der Waals surface area contributed by atoms with Crippen LogP contribution in [0.15, 0.2) is 24.3 Å². The van der Waals surface area contributed by atoms with Gasteiger partial charge >= 0.3 is 0 Å². The number of aliphatic hydroxyl groups is 1. The standard InChI is InChI=1S/C13H15NO3/c15-9-5-1-4-8-14-11-7-3-2-6-10(11)12(16)13(14)17/h2-3,6-7,15H,1,4-5,8-9H2. The lowest BCUT2D eigenvalue weighted by atomic mass is 10.1. The Bertz CT molecular complexity index is 442. The lowest BCUT2D eigenvalue weighted by Gasteiger charge is -2.15. The summed E-state index contributed by atoms with van der Waals surface area (Å²) >= 11 is 0. The molecule has 4 nitrogen and oxygen atoms in total. The van der Waals surface area contributed by atoms with E-state index in [2.05, 4.69) is 0 Å². The van der Waals surface area contributed by atoms with Crippen molar-refractivity contribution in [3.63, 3.8) is 0 Å². The Morgan fingerprint density at radius 1 is 1.06 bits per heavy atom. The van der Waals surface area contributed by atoms with E-state index in [4.69, 9.17) is 5.11 Å². The minimum atomic E-state index is -0.435. The fourth-order valence-electron chi connectivity index (χ4n) is 2.03. The molecule has 1 aliphatic heterocycles. The van der Waals surface area contributed by atoms with Crippen molar-refractivity contribution < 1.29 is 14.7 Å². The lowest BCUT2D eigenvalue weighted by molar-refractivity contribution is -0.114. The van der Waals surface area contributed by atoms with Crippen LogP contribution in [-0.2, 0) is 4.79 Å². The molecule has 1 aromatic carbocycles. The number of ketones is 1. The van der Waals surface area contributed by atoms with Crippen molar-refractivity contribution in [3.8, 4) is 0 Å². The number of carbonyl (C=O) groups is 2. The molecular formula is C13H15NO3. The number of rotatable bonds is 5. The van der Waals surface area contributed by atoms with Crippen LogP contribution in [0, 0.1) is 0 Å². The van der Waals surface area contributed by atoms with Gasteiger partial charge in [0.15, 0.2) is 0 Å². The zero-order valence-corrected chi connectivity index (χ0v) is 9.56. The molecule has 4 heteroatoms. The molecular weight excluding hydrogens is 218 g/mol. The fourth-order valence-corrected chi connectivity index (χ4v) is 2.03. The molecule has 0 unspecified atom stereocenters. The van der Waals surface area contributed by atoms with Crippen LogP contribution in [0.1, 0.15) is 29.6 Å². The summed E-state index contributed by atoms with van der Waals surface area (Å²) in [6.07, 6.45) is 2.39. The van der Waals surface area contributed by atoms with Crippen LogP contribution in [0.2, 0.25) is 0 Å². The second-order valence-corrected chi connectivity index (χ2v) is 4.09. The van der Waals surface area contributed by atoms with E-state index in [1.807, 2.05) is 6.07 Å². The molecule has 0 aliphatic carbocycles. The Balaban J connectivity index is 2.08. The molecule has 0 saturated heterocycles. The summed E-state index contributed by atoms with van der Waals surface area (Å²) in [6, 6.07) is 7.07. The number of anilines is 1. The molecule has 1 N–H and O–H groups in total. The van der Waals surface area contributed by atoms with Crippen LogP contribution >= 0.6 is 0 Å². The number of para-hydroxylation sites is 1. The maximum atomic E-state index is 11.8. The summed E-state index contributed by atoms with van der Waals surface area (Å²) < 4.78 is 0. The molecule has 1 amide bonds. The van der Waals surface area contributed by atoms with Crippen LogP contribution in [0.3, 0.4) is 0 Å². The lowest BCUT2D eigenvalue weighted by Crippen LogP contribution is -2.30. The zero-order valence-electron chi connectivity index (χ0n) is 9.56. The van der Waals surface area contributed by atoms with E-state index in [-0.39, 0.29) is 6.61 Å². The molecule has 0 atom stereocenters. The number of fused-ring (bicyclic) bond motifs is 1. The topological polar surface area (TPSA) is 57.6 Å². The number of aliphatic hydroxyl groups excluding tert-OH is 1. The van der Waals surface area contributed by atoms with Gasteiger partial charge < -0.3 is 10.0 Å². The predicted molar refractivity (Wildman–Crippen MR) is 64.1 cm³/mol. The normalized spacial score (nSPS) is 14.3. The minimum Gasteiger partial charge on any atom is -0.396 e. The minimum absolute atomic E-state index is 0.170. The first kappa shape index (κ1) is 11.8. The summed E-state index contributed by atoms with van der Waals surface area (Å²) in [7, 11) is 0. The number of amides is 1. The summed E-state index contributed by atoms with van der Waals surface area (Å²) in [4.78, 5) is 25.0. The van der Waals surface area contributed by atoms with E-state index in [0.717, 1.165) is 19.3 Å². The van der Waals surface area contributed by atoms with Gasteiger partial charge in [-0.15, -0.1) is 0 Å². The van der Waals surface area contributed by atoms with E-state index in [1.54, 1.807) is 18.2 Å². The fraction of sp³-hybridized carbons (Fsp3) is 0.385. The van der Waals surface area contributed by atoms with Gasteiger partial charge in [-0.1, -0.05) is 12.1 Å². The first-order valence-corrected chi connectivity index (χ1v) is 5.82. The van der Waals surface area contributed by atoms with Crippen molar-refractivity contribution in [3.05, 3.63) is 29.8 Å². The van der Waals surface area contributed by atoms with Crippen molar-refractivity contribution in [2.75, 3.05) is 18.1 Å². The van der Waals surface area contributed by atoms with Gasteiger partial charge in [-0.3, -0.25) is 9.59 Å². The number of carbonyl (C=O) groups excluding carboxylic acids is 2. The number of nitrogens with zero attached hydrogens (tertiary/aromatic N) is 1. The number of hydrogen-bond donors (Lipinski definition) is 1. The molecule has 0 fully saturated rings. The molecule has 0 saturated carbocycles. The third-order valence-electron chi connectivity index (χ3n) is 2.92. The van der Waals surface area contributed by atoms with Crippen molar-refractivity contribution in [1.82, 2.24) is 0 Å². The Morgan fingerprint density at radius 2 is 1.82 bits per heavy atom. The smallest absolute Gasteiger partial charge is 0.299 e. The summed E-state index contributed by atoms with van der Waals surface area (Å²) in [6.45, 7) is 0.713. The Kier molecular flexibility index (Phi) is 3.54. The van der Waals surface area contributed by atoms with Gasteiger partial charge in [0, 0.05) is 13.2 Å². The average Bonchev–Trinajstić information content (AvgIpc) is 2.60. The maximum Gasteiger partial charge on any atom is 0.299 e.